The molecule has 0 radical (unpaired) electrons. The van der Waals surface area contributed by atoms with Crippen molar-refractivity contribution in [2.45, 2.75) is 12.6 Å². The molecule has 1 aliphatic heterocycles. The smallest absolute Gasteiger partial charge is 0.251 e. The summed E-state index contributed by atoms with van der Waals surface area (Å²) in [6.45, 7) is 3.63. The van der Waals surface area contributed by atoms with Crippen molar-refractivity contribution in [1.82, 2.24) is 10.2 Å². The topological polar surface area (TPSA) is 50.8 Å². The fraction of sp³-hybridized carbons (Fsp3) is 0.381. The maximum atomic E-state index is 13.7. The van der Waals surface area contributed by atoms with Crippen LogP contribution >= 0.6 is 0 Å². The van der Waals surface area contributed by atoms with Crippen LogP contribution in [-0.4, -0.2) is 50.8 Å². The van der Waals surface area contributed by atoms with Gasteiger partial charge in [-0.1, -0.05) is 24.3 Å². The summed E-state index contributed by atoms with van der Waals surface area (Å²) in [4.78, 5) is 14.8. The fourth-order valence-electron chi connectivity index (χ4n) is 3.32. The third-order valence-electron chi connectivity index (χ3n) is 4.68. The van der Waals surface area contributed by atoms with Gasteiger partial charge in [0.05, 0.1) is 25.9 Å². The molecule has 1 saturated heterocycles. The van der Waals surface area contributed by atoms with E-state index in [1.807, 2.05) is 24.3 Å². The van der Waals surface area contributed by atoms with E-state index in [1.165, 1.54) is 12.1 Å². The second-order valence-corrected chi connectivity index (χ2v) is 6.56. The maximum Gasteiger partial charge on any atom is 0.251 e. The van der Waals surface area contributed by atoms with Crippen molar-refractivity contribution in [3.63, 3.8) is 0 Å². The summed E-state index contributed by atoms with van der Waals surface area (Å²) < 4.78 is 24.3. The maximum absolute atomic E-state index is 13.7. The van der Waals surface area contributed by atoms with Gasteiger partial charge in [0.2, 0.25) is 0 Å². The molecule has 144 valence electrons. The van der Waals surface area contributed by atoms with Gasteiger partial charge < -0.3 is 14.8 Å². The Kier molecular flexibility index (Phi) is 6.92. The van der Waals surface area contributed by atoms with Crippen LogP contribution in [0.1, 0.15) is 27.5 Å². The highest BCUT2D eigenvalue weighted by Crippen LogP contribution is 2.22. The number of hydrogen-bond acceptors (Lipinski definition) is 4. The monoisotopic (exact) mass is 372 g/mol. The Hall–Kier alpha value is -2.28. The number of methoxy groups -OCH3 is 1. The number of morpholine rings is 1. The van der Waals surface area contributed by atoms with Gasteiger partial charge in [-0.05, 0) is 35.4 Å². The first kappa shape index (κ1) is 19.5. The molecule has 0 unspecified atom stereocenters. The van der Waals surface area contributed by atoms with Crippen LogP contribution in [0.3, 0.4) is 0 Å². The van der Waals surface area contributed by atoms with E-state index in [0.29, 0.717) is 31.9 Å². The summed E-state index contributed by atoms with van der Waals surface area (Å²) in [5.74, 6) is -0.424. The lowest BCUT2D eigenvalue weighted by molar-refractivity contribution is 0.0162. The molecule has 0 bridgehead atoms. The molecule has 3 rings (SSSR count). The van der Waals surface area contributed by atoms with Crippen LogP contribution in [0.15, 0.2) is 48.5 Å². The van der Waals surface area contributed by atoms with Gasteiger partial charge in [-0.2, -0.15) is 0 Å². The third kappa shape index (κ3) is 5.35. The minimum absolute atomic E-state index is 0.101. The van der Waals surface area contributed by atoms with Crippen LogP contribution in [0, 0.1) is 5.82 Å². The Morgan fingerprint density at radius 2 is 2.00 bits per heavy atom. The zero-order valence-corrected chi connectivity index (χ0v) is 15.5. The minimum atomic E-state index is -0.274. The molecule has 2 aromatic carbocycles. The molecule has 1 heterocycles. The number of hydrogen-bond donors (Lipinski definition) is 1. The average molecular weight is 372 g/mol. The average Bonchev–Trinajstić information content (AvgIpc) is 2.69. The summed E-state index contributed by atoms with van der Waals surface area (Å²) in [5.41, 5.74) is 2.38. The molecule has 27 heavy (non-hydrogen) atoms. The second kappa shape index (κ2) is 9.60. The normalized spacial score (nSPS) is 16.1. The van der Waals surface area contributed by atoms with E-state index in [0.717, 1.165) is 24.2 Å². The van der Waals surface area contributed by atoms with Crippen molar-refractivity contribution in [3.05, 3.63) is 71.0 Å². The van der Waals surface area contributed by atoms with E-state index in [4.69, 9.17) is 9.47 Å². The van der Waals surface area contributed by atoms with E-state index >= 15 is 0 Å². The molecular weight excluding hydrogens is 347 g/mol. The predicted molar refractivity (Wildman–Crippen MR) is 101 cm³/mol. The van der Waals surface area contributed by atoms with Gasteiger partial charge in [-0.25, -0.2) is 4.39 Å². The van der Waals surface area contributed by atoms with Gasteiger partial charge >= 0.3 is 0 Å². The summed E-state index contributed by atoms with van der Waals surface area (Å²) in [5, 5.41) is 3.00. The van der Waals surface area contributed by atoms with Crippen molar-refractivity contribution < 1.29 is 18.7 Å². The number of carbonyl (C=O) groups excluding carboxylic acids is 1. The van der Waals surface area contributed by atoms with E-state index < -0.39 is 0 Å². The first-order chi connectivity index (χ1) is 13.2. The molecule has 1 N–H and O–H groups in total. The first-order valence-electron chi connectivity index (χ1n) is 9.10. The van der Waals surface area contributed by atoms with Gasteiger partial charge in [-0.3, -0.25) is 9.69 Å². The zero-order chi connectivity index (χ0) is 19.1. The van der Waals surface area contributed by atoms with Crippen molar-refractivity contribution in [1.29, 1.82) is 0 Å². The Bertz CT molecular complexity index is 763. The number of ether oxygens (including phenoxy) is 2. The Morgan fingerprint density at radius 1 is 1.22 bits per heavy atom. The molecule has 1 aliphatic rings. The number of carbonyl (C=O) groups is 1. The molecule has 5 nitrogen and oxygen atoms in total. The molecule has 6 heteroatoms. The summed E-state index contributed by atoms with van der Waals surface area (Å²) in [6, 6.07) is 13.8. The van der Waals surface area contributed by atoms with Crippen molar-refractivity contribution in [2.24, 2.45) is 0 Å². The van der Waals surface area contributed by atoms with E-state index in [1.54, 1.807) is 19.2 Å². The lowest BCUT2D eigenvalue weighted by Gasteiger charge is -2.35. The number of rotatable bonds is 7. The molecule has 0 aliphatic carbocycles. The highest BCUT2D eigenvalue weighted by molar-refractivity contribution is 5.94. The van der Waals surface area contributed by atoms with Gasteiger partial charge in [0.25, 0.3) is 5.91 Å². The molecule has 2 aromatic rings. The third-order valence-corrected chi connectivity index (χ3v) is 4.68. The van der Waals surface area contributed by atoms with Gasteiger partial charge in [-0.15, -0.1) is 0 Å². The van der Waals surface area contributed by atoms with Gasteiger partial charge in [0.15, 0.2) is 0 Å². The highest BCUT2D eigenvalue weighted by atomic mass is 19.1. The summed E-state index contributed by atoms with van der Waals surface area (Å²) in [6.07, 6.45) is 0. The lowest BCUT2D eigenvalue weighted by atomic mass is 10.0. The van der Waals surface area contributed by atoms with E-state index in [-0.39, 0.29) is 17.8 Å². The number of nitrogens with one attached hydrogen (secondary N) is 1. The molecule has 1 fully saturated rings. The Balaban J connectivity index is 1.72. The van der Waals surface area contributed by atoms with Crippen molar-refractivity contribution >= 4 is 5.91 Å². The van der Waals surface area contributed by atoms with Crippen LogP contribution in [-0.2, 0) is 16.1 Å². The Morgan fingerprint density at radius 3 is 2.74 bits per heavy atom. The summed E-state index contributed by atoms with van der Waals surface area (Å²) in [7, 11) is 1.62. The Labute approximate surface area is 159 Å². The quantitative estimate of drug-likeness (QED) is 0.812. The largest absolute Gasteiger partial charge is 0.380 e. The summed E-state index contributed by atoms with van der Waals surface area (Å²) >= 11 is 0. The first-order valence-corrected chi connectivity index (χ1v) is 9.10. The number of nitrogens with zero attached hydrogens (tertiary/aromatic N) is 1. The van der Waals surface area contributed by atoms with Crippen molar-refractivity contribution in [3.8, 4) is 0 Å². The van der Waals surface area contributed by atoms with Crippen molar-refractivity contribution in [2.75, 3.05) is 40.0 Å². The number of halogens is 1. The van der Waals surface area contributed by atoms with Crippen LogP contribution < -0.4 is 5.32 Å². The second-order valence-electron chi connectivity index (χ2n) is 6.56. The number of amides is 1. The SMILES string of the molecule is COCc1cccc(C(=O)NC[C@H](c2cccc(F)c2)N2CCOCC2)c1. The molecule has 1 amide bonds. The van der Waals surface area contributed by atoms with Crippen LogP contribution in [0.2, 0.25) is 0 Å². The van der Waals surface area contributed by atoms with Crippen LogP contribution in [0.25, 0.3) is 0 Å². The standard InChI is InChI=1S/C21H25FN2O3/c1-26-15-16-4-2-6-18(12-16)21(25)23-14-20(24-8-10-27-11-9-24)17-5-3-7-19(22)13-17/h2-7,12-13,20H,8-11,14-15H2,1H3,(H,23,25)/t20-/m1/s1. The van der Waals surface area contributed by atoms with Gasteiger partial charge in [0, 0.05) is 32.3 Å². The molecule has 1 atom stereocenters. The molecule has 0 saturated carbocycles. The highest BCUT2D eigenvalue weighted by Gasteiger charge is 2.23. The van der Waals surface area contributed by atoms with Crippen LogP contribution in [0.4, 0.5) is 4.39 Å². The molecule has 0 aromatic heterocycles. The van der Waals surface area contributed by atoms with Crippen LogP contribution in [0.5, 0.6) is 0 Å². The lowest BCUT2D eigenvalue weighted by Crippen LogP contribution is -2.43. The minimum Gasteiger partial charge on any atom is -0.380 e. The van der Waals surface area contributed by atoms with E-state index in [2.05, 4.69) is 10.2 Å². The fourth-order valence-corrected chi connectivity index (χ4v) is 3.32. The predicted octanol–water partition coefficient (Wildman–Crippen LogP) is 2.78. The molecule has 0 spiro atoms. The molecular formula is C21H25FN2O3. The van der Waals surface area contributed by atoms with Gasteiger partial charge in [0.1, 0.15) is 5.82 Å². The zero-order valence-electron chi connectivity index (χ0n) is 15.5. The number of benzene rings is 2. The van der Waals surface area contributed by atoms with E-state index in [9.17, 15) is 9.18 Å².